The molecule has 0 spiro atoms. The highest BCUT2D eigenvalue weighted by atomic mass is 16.3. The molecule has 1 heterocycles. The highest BCUT2D eigenvalue weighted by Crippen LogP contribution is 2.20. The minimum Gasteiger partial charge on any atom is -0.376 e. The average Bonchev–Trinajstić information content (AvgIpc) is 2.94. The third kappa shape index (κ3) is 10.7. The molecule has 1 fully saturated rings. The summed E-state index contributed by atoms with van der Waals surface area (Å²) < 4.78 is 0. The van der Waals surface area contributed by atoms with Crippen molar-refractivity contribution in [2.45, 2.75) is 110 Å². The number of aliphatic hydroxyl groups excluding tert-OH is 1. The number of allylic oxidation sites excluding steroid dienone is 1. The predicted molar refractivity (Wildman–Crippen MR) is 111 cm³/mol. The molecule has 2 amide bonds. The van der Waals surface area contributed by atoms with Crippen LogP contribution in [0.4, 0.5) is 0 Å². The molecule has 4 heteroatoms. The summed E-state index contributed by atoms with van der Waals surface area (Å²) in [5.41, 5.74) is 0. The number of nitrogens with zero attached hydrogens (tertiary/aromatic N) is 1. The van der Waals surface area contributed by atoms with Crippen molar-refractivity contribution in [3.05, 3.63) is 12.2 Å². The van der Waals surface area contributed by atoms with Crippen molar-refractivity contribution >= 4 is 11.8 Å². The molecule has 1 N–H and O–H groups in total. The fraction of sp³-hybridized carbons (Fsp3) is 0.826. The van der Waals surface area contributed by atoms with Gasteiger partial charge in [0.2, 0.25) is 11.8 Å². The topological polar surface area (TPSA) is 57.6 Å². The summed E-state index contributed by atoms with van der Waals surface area (Å²) >= 11 is 0. The summed E-state index contributed by atoms with van der Waals surface area (Å²) in [5, 5.41) is 9.00. The molecule has 156 valence electrons. The lowest BCUT2D eigenvalue weighted by Gasteiger charge is -2.08. The SMILES string of the molecule is CCCCCCCCCCCCCCCCC=CC1CC(=O)N(CO)C1=O. The van der Waals surface area contributed by atoms with E-state index in [-0.39, 0.29) is 24.2 Å². The van der Waals surface area contributed by atoms with E-state index in [4.69, 9.17) is 5.11 Å². The van der Waals surface area contributed by atoms with Gasteiger partial charge in [0.25, 0.3) is 0 Å². The van der Waals surface area contributed by atoms with Gasteiger partial charge >= 0.3 is 0 Å². The monoisotopic (exact) mass is 379 g/mol. The number of hydrogen-bond acceptors (Lipinski definition) is 3. The minimum atomic E-state index is -0.499. The van der Waals surface area contributed by atoms with Crippen LogP contribution in [0, 0.1) is 5.92 Å². The zero-order valence-corrected chi connectivity index (χ0v) is 17.5. The maximum Gasteiger partial charge on any atom is 0.238 e. The molecule has 4 nitrogen and oxygen atoms in total. The van der Waals surface area contributed by atoms with Gasteiger partial charge in [0.05, 0.1) is 5.92 Å². The van der Waals surface area contributed by atoms with Crippen LogP contribution in [-0.4, -0.2) is 28.6 Å². The number of imide groups is 1. The molecule has 1 saturated heterocycles. The highest BCUT2D eigenvalue weighted by Gasteiger charge is 2.36. The predicted octanol–water partition coefficient (Wildman–Crippen LogP) is 5.74. The Morgan fingerprint density at radius 3 is 1.78 bits per heavy atom. The maximum absolute atomic E-state index is 11.8. The molecule has 0 aliphatic carbocycles. The van der Waals surface area contributed by atoms with Crippen LogP contribution in [0.2, 0.25) is 0 Å². The number of likely N-dealkylation sites (tertiary alicyclic amines) is 1. The zero-order valence-electron chi connectivity index (χ0n) is 17.5. The van der Waals surface area contributed by atoms with Crippen molar-refractivity contribution in [1.29, 1.82) is 0 Å². The highest BCUT2D eigenvalue weighted by molar-refractivity contribution is 6.04. The molecular formula is C23H41NO3. The van der Waals surface area contributed by atoms with Crippen molar-refractivity contribution in [1.82, 2.24) is 4.90 Å². The summed E-state index contributed by atoms with van der Waals surface area (Å²) in [7, 11) is 0. The summed E-state index contributed by atoms with van der Waals surface area (Å²) in [6.07, 6.45) is 24.0. The van der Waals surface area contributed by atoms with Crippen LogP contribution < -0.4 is 0 Å². The lowest BCUT2D eigenvalue weighted by Crippen LogP contribution is -2.31. The fourth-order valence-electron chi connectivity index (χ4n) is 3.72. The van der Waals surface area contributed by atoms with Crippen molar-refractivity contribution in [3.63, 3.8) is 0 Å². The van der Waals surface area contributed by atoms with Gasteiger partial charge in [-0.05, 0) is 12.8 Å². The van der Waals surface area contributed by atoms with Crippen LogP contribution >= 0.6 is 0 Å². The number of rotatable bonds is 17. The maximum atomic E-state index is 11.8. The molecule has 27 heavy (non-hydrogen) atoms. The van der Waals surface area contributed by atoms with E-state index < -0.39 is 6.73 Å². The first-order valence-corrected chi connectivity index (χ1v) is 11.3. The lowest BCUT2D eigenvalue weighted by atomic mass is 10.0. The Kier molecular flexibility index (Phi) is 14.0. The molecule has 0 aromatic heterocycles. The van der Waals surface area contributed by atoms with Gasteiger partial charge in [0.15, 0.2) is 0 Å². The molecule has 0 saturated carbocycles. The zero-order chi connectivity index (χ0) is 19.7. The van der Waals surface area contributed by atoms with E-state index in [1.807, 2.05) is 12.2 Å². The van der Waals surface area contributed by atoms with Gasteiger partial charge in [-0.15, -0.1) is 0 Å². The van der Waals surface area contributed by atoms with Crippen LogP contribution in [0.1, 0.15) is 110 Å². The molecule has 1 unspecified atom stereocenters. The van der Waals surface area contributed by atoms with Crippen LogP contribution in [0.3, 0.4) is 0 Å². The van der Waals surface area contributed by atoms with Crippen molar-refractivity contribution in [2.75, 3.05) is 6.73 Å². The molecule has 0 aromatic carbocycles. The molecule has 1 atom stereocenters. The molecule has 0 radical (unpaired) electrons. The summed E-state index contributed by atoms with van der Waals surface area (Å²) in [4.78, 5) is 24.3. The molecule has 1 aliphatic heterocycles. The van der Waals surface area contributed by atoms with E-state index in [1.54, 1.807) is 0 Å². The van der Waals surface area contributed by atoms with E-state index in [1.165, 1.54) is 83.5 Å². The van der Waals surface area contributed by atoms with E-state index in [2.05, 4.69) is 6.92 Å². The lowest BCUT2D eigenvalue weighted by molar-refractivity contribution is -0.143. The Balaban J connectivity index is 1.85. The number of amides is 2. The second-order valence-corrected chi connectivity index (χ2v) is 7.93. The molecule has 1 rings (SSSR count). The fourth-order valence-corrected chi connectivity index (χ4v) is 3.72. The van der Waals surface area contributed by atoms with Crippen LogP contribution in [0.5, 0.6) is 0 Å². The van der Waals surface area contributed by atoms with Gasteiger partial charge in [-0.2, -0.15) is 0 Å². The summed E-state index contributed by atoms with van der Waals surface area (Å²) in [5.74, 6) is -0.898. The molecular weight excluding hydrogens is 338 g/mol. The number of unbranched alkanes of at least 4 members (excludes halogenated alkanes) is 14. The first kappa shape index (κ1) is 23.9. The molecule has 0 bridgehead atoms. The van der Waals surface area contributed by atoms with Gasteiger partial charge in [0, 0.05) is 6.42 Å². The second-order valence-electron chi connectivity index (χ2n) is 7.93. The Morgan fingerprint density at radius 2 is 1.33 bits per heavy atom. The van der Waals surface area contributed by atoms with E-state index >= 15 is 0 Å². The van der Waals surface area contributed by atoms with Crippen molar-refractivity contribution < 1.29 is 14.7 Å². The van der Waals surface area contributed by atoms with Gasteiger partial charge < -0.3 is 5.11 Å². The standard InChI is InChI=1S/C23H41NO3/c1-2-3-4-5-6-7-8-9-10-11-12-13-14-15-16-17-18-21-19-22(26)24(20-25)23(21)27/h17-18,21,25H,2-16,19-20H2,1H3. The van der Waals surface area contributed by atoms with Gasteiger partial charge in [-0.25, -0.2) is 0 Å². The Morgan fingerprint density at radius 1 is 0.852 bits per heavy atom. The number of carbonyl (C=O) groups excluding carboxylic acids is 2. The normalized spacial score (nSPS) is 17.6. The molecule has 1 aliphatic rings. The van der Waals surface area contributed by atoms with E-state index in [0.29, 0.717) is 0 Å². The Labute approximate surface area is 166 Å². The average molecular weight is 380 g/mol. The van der Waals surface area contributed by atoms with Gasteiger partial charge in [0.1, 0.15) is 6.73 Å². The summed E-state index contributed by atoms with van der Waals surface area (Å²) in [6, 6.07) is 0. The summed E-state index contributed by atoms with van der Waals surface area (Å²) in [6.45, 7) is 1.77. The quantitative estimate of drug-likeness (QED) is 0.199. The second kappa shape index (κ2) is 15.9. The molecule has 0 aromatic rings. The first-order chi connectivity index (χ1) is 13.2. The van der Waals surface area contributed by atoms with Crippen molar-refractivity contribution in [3.8, 4) is 0 Å². The third-order valence-corrected chi connectivity index (χ3v) is 5.51. The van der Waals surface area contributed by atoms with E-state index in [0.717, 1.165) is 17.7 Å². The van der Waals surface area contributed by atoms with Gasteiger partial charge in [-0.1, -0.05) is 103 Å². The van der Waals surface area contributed by atoms with Crippen LogP contribution in [0.25, 0.3) is 0 Å². The van der Waals surface area contributed by atoms with Crippen LogP contribution in [-0.2, 0) is 9.59 Å². The van der Waals surface area contributed by atoms with E-state index in [9.17, 15) is 9.59 Å². The number of carbonyl (C=O) groups is 2. The van der Waals surface area contributed by atoms with Crippen molar-refractivity contribution in [2.24, 2.45) is 5.92 Å². The minimum absolute atomic E-state index is 0.203. The first-order valence-electron chi connectivity index (χ1n) is 11.3. The van der Waals surface area contributed by atoms with Crippen LogP contribution in [0.15, 0.2) is 12.2 Å². The van der Waals surface area contributed by atoms with Gasteiger partial charge in [-0.3, -0.25) is 14.5 Å². The smallest absolute Gasteiger partial charge is 0.238 e. The number of aliphatic hydroxyl groups is 1. The largest absolute Gasteiger partial charge is 0.376 e. The third-order valence-electron chi connectivity index (χ3n) is 5.51. The number of hydrogen-bond donors (Lipinski definition) is 1. The Bertz CT molecular complexity index is 433. The Hall–Kier alpha value is -1.16.